The number of carbonyl (C=O) groups is 1. The molecule has 2 aromatic rings. The van der Waals surface area contributed by atoms with Gasteiger partial charge in [0, 0.05) is 35.7 Å². The molecule has 0 saturated carbocycles. The van der Waals surface area contributed by atoms with Gasteiger partial charge in [-0.3, -0.25) is 9.69 Å². The van der Waals surface area contributed by atoms with E-state index >= 15 is 0 Å². The molecular formula is C24H30BrN3O2S. The highest BCUT2D eigenvalue weighted by molar-refractivity contribution is 9.10. The molecule has 5 nitrogen and oxygen atoms in total. The molecule has 0 fully saturated rings. The van der Waals surface area contributed by atoms with Gasteiger partial charge in [0.2, 0.25) is 0 Å². The minimum atomic E-state index is -0.727. The van der Waals surface area contributed by atoms with Gasteiger partial charge in [0.15, 0.2) is 5.11 Å². The van der Waals surface area contributed by atoms with Crippen LogP contribution in [0.2, 0.25) is 0 Å². The first-order valence-electron chi connectivity index (χ1n) is 10.9. The molecule has 0 aromatic heterocycles. The number of carboxylic acids is 1. The minimum Gasteiger partial charge on any atom is -0.481 e. The molecule has 0 radical (unpaired) electrons. The van der Waals surface area contributed by atoms with Gasteiger partial charge in [0.05, 0.1) is 0 Å². The Bertz CT molecular complexity index is 875. The molecule has 2 aromatic carbocycles. The number of hydrogen-bond acceptors (Lipinski definition) is 3. The first-order valence-corrected chi connectivity index (χ1v) is 12.1. The lowest BCUT2D eigenvalue weighted by Crippen LogP contribution is -2.36. The smallest absolute Gasteiger partial charge is 0.303 e. The molecule has 0 aliphatic heterocycles. The summed E-state index contributed by atoms with van der Waals surface area (Å²) >= 11 is 8.84. The second-order valence-corrected chi connectivity index (χ2v) is 9.21. The van der Waals surface area contributed by atoms with Crippen LogP contribution in [0, 0.1) is 0 Å². The van der Waals surface area contributed by atoms with Gasteiger partial charge in [-0.15, -0.1) is 0 Å². The number of thiocarbonyl (C=S) groups is 1. The number of hydrogen-bond donors (Lipinski definition) is 3. The molecule has 3 N–H and O–H groups in total. The van der Waals surface area contributed by atoms with Crippen molar-refractivity contribution in [1.82, 2.24) is 10.2 Å². The molecule has 166 valence electrons. The number of aliphatic carboxylic acids is 1. The monoisotopic (exact) mass is 503 g/mol. The third-order valence-corrected chi connectivity index (χ3v) is 6.40. The van der Waals surface area contributed by atoms with Crippen molar-refractivity contribution in [3.8, 4) is 0 Å². The lowest BCUT2D eigenvalue weighted by atomic mass is 9.86. The van der Waals surface area contributed by atoms with E-state index in [-0.39, 0.29) is 6.42 Å². The van der Waals surface area contributed by atoms with Crippen molar-refractivity contribution in [2.45, 2.75) is 44.6 Å². The summed E-state index contributed by atoms with van der Waals surface area (Å²) in [4.78, 5) is 13.5. The number of aryl methyl sites for hydroxylation is 1. The van der Waals surface area contributed by atoms with Crippen molar-refractivity contribution >= 4 is 44.9 Å². The summed E-state index contributed by atoms with van der Waals surface area (Å²) in [6, 6.07) is 16.9. The van der Waals surface area contributed by atoms with Crippen molar-refractivity contribution in [2.24, 2.45) is 0 Å². The van der Waals surface area contributed by atoms with E-state index in [0.717, 1.165) is 49.1 Å². The number of rotatable bonds is 10. The number of nitrogens with zero attached hydrogens (tertiary/aromatic N) is 1. The standard InChI is InChI=1S/C24H30BrN3O2S/c25-19-11-13-20(14-12-19)27-24(31)26-15-5-17-28(16-4-10-23(29)30)22-9-3-7-18-6-1-2-8-21(18)22/h1-2,6,8,11-14,22H,3-5,7,9-10,15-17H2,(H,29,30)(H2,26,27,31). The van der Waals surface area contributed by atoms with Gasteiger partial charge < -0.3 is 15.7 Å². The van der Waals surface area contributed by atoms with E-state index < -0.39 is 5.97 Å². The Morgan fingerprint density at radius 1 is 1.13 bits per heavy atom. The second-order valence-electron chi connectivity index (χ2n) is 7.88. The normalized spacial score (nSPS) is 15.4. The summed E-state index contributed by atoms with van der Waals surface area (Å²) in [6.45, 7) is 2.48. The second kappa shape index (κ2) is 12.2. The van der Waals surface area contributed by atoms with Crippen LogP contribution in [-0.2, 0) is 11.2 Å². The zero-order valence-corrected chi connectivity index (χ0v) is 20.1. The highest BCUT2D eigenvalue weighted by atomic mass is 79.9. The van der Waals surface area contributed by atoms with E-state index in [1.54, 1.807) is 0 Å². The lowest BCUT2D eigenvalue weighted by Gasteiger charge is -2.36. The van der Waals surface area contributed by atoms with Crippen LogP contribution in [0.25, 0.3) is 0 Å². The summed E-state index contributed by atoms with van der Waals surface area (Å²) in [5, 5.41) is 16.2. The van der Waals surface area contributed by atoms with E-state index in [2.05, 4.69) is 55.7 Å². The van der Waals surface area contributed by atoms with Gasteiger partial charge in [-0.25, -0.2) is 0 Å². The van der Waals surface area contributed by atoms with Crippen molar-refractivity contribution in [3.05, 3.63) is 64.1 Å². The molecule has 1 unspecified atom stereocenters. The van der Waals surface area contributed by atoms with Crippen LogP contribution in [0.15, 0.2) is 53.0 Å². The fourth-order valence-electron chi connectivity index (χ4n) is 4.16. The maximum Gasteiger partial charge on any atom is 0.303 e. The number of fused-ring (bicyclic) bond motifs is 1. The molecule has 0 saturated heterocycles. The summed E-state index contributed by atoms with van der Waals surface area (Å²) in [5.74, 6) is -0.727. The van der Waals surface area contributed by atoms with Gasteiger partial charge in [-0.1, -0.05) is 40.2 Å². The van der Waals surface area contributed by atoms with Crippen LogP contribution in [0.3, 0.4) is 0 Å². The SMILES string of the molecule is O=C(O)CCCN(CCCNC(=S)Nc1ccc(Br)cc1)C1CCCc2ccccc21. The van der Waals surface area contributed by atoms with E-state index in [1.807, 2.05) is 24.3 Å². The quantitative estimate of drug-likeness (QED) is 0.299. The fourth-order valence-corrected chi connectivity index (χ4v) is 4.64. The first kappa shape index (κ1) is 23.7. The fraction of sp³-hybridized carbons (Fsp3) is 0.417. The molecule has 0 heterocycles. The summed E-state index contributed by atoms with van der Waals surface area (Å²) in [7, 11) is 0. The minimum absolute atomic E-state index is 0.213. The Labute approximate surface area is 198 Å². The Morgan fingerprint density at radius 3 is 2.65 bits per heavy atom. The van der Waals surface area contributed by atoms with E-state index in [9.17, 15) is 4.79 Å². The summed E-state index contributed by atoms with van der Waals surface area (Å²) in [6.07, 6.45) is 5.26. The number of anilines is 1. The first-order chi connectivity index (χ1) is 15.0. The summed E-state index contributed by atoms with van der Waals surface area (Å²) < 4.78 is 1.03. The Kier molecular flexibility index (Phi) is 9.31. The van der Waals surface area contributed by atoms with Gasteiger partial charge in [-0.2, -0.15) is 0 Å². The maximum atomic E-state index is 11.0. The molecule has 3 rings (SSSR count). The predicted octanol–water partition coefficient (Wildman–Crippen LogP) is 5.37. The van der Waals surface area contributed by atoms with Crippen LogP contribution >= 0.6 is 28.1 Å². The van der Waals surface area contributed by atoms with Gasteiger partial charge in [0.25, 0.3) is 0 Å². The molecule has 1 aliphatic carbocycles. The zero-order chi connectivity index (χ0) is 22.1. The molecule has 0 spiro atoms. The number of halogens is 1. The Hall–Kier alpha value is -1.96. The average Bonchev–Trinajstić information content (AvgIpc) is 2.76. The van der Waals surface area contributed by atoms with Crippen molar-refractivity contribution < 1.29 is 9.90 Å². The van der Waals surface area contributed by atoms with Crippen LogP contribution in [0.5, 0.6) is 0 Å². The highest BCUT2D eigenvalue weighted by Gasteiger charge is 2.25. The number of benzene rings is 2. The van der Waals surface area contributed by atoms with Gasteiger partial charge >= 0.3 is 5.97 Å². The predicted molar refractivity (Wildman–Crippen MR) is 134 cm³/mol. The van der Waals surface area contributed by atoms with Crippen molar-refractivity contribution in [1.29, 1.82) is 0 Å². The molecule has 0 amide bonds. The van der Waals surface area contributed by atoms with E-state index in [0.29, 0.717) is 17.6 Å². The topological polar surface area (TPSA) is 64.6 Å². The third kappa shape index (κ3) is 7.59. The summed E-state index contributed by atoms with van der Waals surface area (Å²) in [5.41, 5.74) is 3.79. The maximum absolute atomic E-state index is 11.0. The van der Waals surface area contributed by atoms with Crippen LogP contribution in [-0.4, -0.2) is 40.7 Å². The van der Waals surface area contributed by atoms with Crippen molar-refractivity contribution in [2.75, 3.05) is 25.0 Å². The molecule has 7 heteroatoms. The molecule has 1 atom stereocenters. The molecule has 31 heavy (non-hydrogen) atoms. The third-order valence-electron chi connectivity index (χ3n) is 5.62. The molecule has 0 bridgehead atoms. The number of nitrogens with one attached hydrogen (secondary N) is 2. The lowest BCUT2D eigenvalue weighted by molar-refractivity contribution is -0.137. The van der Waals surface area contributed by atoms with Crippen LogP contribution in [0.4, 0.5) is 5.69 Å². The van der Waals surface area contributed by atoms with Gasteiger partial charge in [0.1, 0.15) is 0 Å². The zero-order valence-electron chi connectivity index (χ0n) is 17.6. The molecular weight excluding hydrogens is 474 g/mol. The van der Waals surface area contributed by atoms with Crippen LogP contribution in [0.1, 0.15) is 49.3 Å². The van der Waals surface area contributed by atoms with Gasteiger partial charge in [-0.05, 0) is 86.3 Å². The van der Waals surface area contributed by atoms with Crippen LogP contribution < -0.4 is 10.6 Å². The average molecular weight is 504 g/mol. The Morgan fingerprint density at radius 2 is 1.87 bits per heavy atom. The largest absolute Gasteiger partial charge is 0.481 e. The van der Waals surface area contributed by atoms with E-state index in [1.165, 1.54) is 17.5 Å². The van der Waals surface area contributed by atoms with E-state index in [4.69, 9.17) is 17.3 Å². The number of carboxylic acid groups (broad SMARTS) is 1. The van der Waals surface area contributed by atoms with Crippen molar-refractivity contribution in [3.63, 3.8) is 0 Å². The Balaban J connectivity index is 1.52. The highest BCUT2D eigenvalue weighted by Crippen LogP contribution is 2.34. The molecule has 1 aliphatic rings.